The van der Waals surface area contributed by atoms with Crippen LogP contribution in [0.2, 0.25) is 0 Å². The molecule has 3 rings (SSSR count). The highest BCUT2D eigenvalue weighted by atomic mass is 19.1. The molecule has 1 aromatic carbocycles. The number of benzene rings is 1. The molecule has 0 aliphatic carbocycles. The third-order valence-electron chi connectivity index (χ3n) is 4.74. The molecule has 4 heteroatoms. The summed E-state index contributed by atoms with van der Waals surface area (Å²) in [6.45, 7) is 3.90. The highest BCUT2D eigenvalue weighted by Crippen LogP contribution is 2.27. The quantitative estimate of drug-likeness (QED) is 0.891. The molecule has 110 valence electrons. The van der Waals surface area contributed by atoms with Gasteiger partial charge < -0.3 is 10.4 Å². The Morgan fingerprint density at radius 1 is 1.25 bits per heavy atom. The van der Waals surface area contributed by atoms with Crippen molar-refractivity contribution in [2.75, 3.05) is 19.6 Å². The first-order valence-electron chi connectivity index (χ1n) is 7.65. The van der Waals surface area contributed by atoms with E-state index in [0.717, 1.165) is 19.0 Å². The second-order valence-corrected chi connectivity index (χ2v) is 6.09. The van der Waals surface area contributed by atoms with E-state index in [1.165, 1.54) is 50.4 Å². The third-order valence-corrected chi connectivity index (χ3v) is 4.74. The Bertz CT molecular complexity index is 452. The number of halogens is 1. The fourth-order valence-corrected chi connectivity index (χ4v) is 3.55. The molecule has 0 aromatic heterocycles. The van der Waals surface area contributed by atoms with Gasteiger partial charge in [0.2, 0.25) is 0 Å². The van der Waals surface area contributed by atoms with Gasteiger partial charge in [-0.1, -0.05) is 0 Å². The Labute approximate surface area is 119 Å². The van der Waals surface area contributed by atoms with Crippen LogP contribution in [0.15, 0.2) is 18.2 Å². The summed E-state index contributed by atoms with van der Waals surface area (Å²) < 4.78 is 13.2. The molecule has 20 heavy (non-hydrogen) atoms. The maximum atomic E-state index is 13.2. The zero-order valence-electron chi connectivity index (χ0n) is 11.8. The molecular formula is C16H23FN2O. The number of aromatic hydroxyl groups is 1. The van der Waals surface area contributed by atoms with Gasteiger partial charge in [-0.15, -0.1) is 0 Å². The van der Waals surface area contributed by atoms with E-state index in [4.69, 9.17) is 0 Å². The predicted molar refractivity (Wildman–Crippen MR) is 77.1 cm³/mol. The lowest BCUT2D eigenvalue weighted by Gasteiger charge is -2.35. The van der Waals surface area contributed by atoms with Gasteiger partial charge in [-0.25, -0.2) is 4.39 Å². The van der Waals surface area contributed by atoms with Crippen LogP contribution in [-0.4, -0.2) is 35.7 Å². The van der Waals surface area contributed by atoms with E-state index in [1.807, 2.05) is 0 Å². The predicted octanol–water partition coefficient (Wildman–Crippen LogP) is 2.50. The van der Waals surface area contributed by atoms with Crippen LogP contribution >= 0.6 is 0 Å². The Hall–Kier alpha value is -1.13. The van der Waals surface area contributed by atoms with E-state index in [9.17, 15) is 9.50 Å². The van der Waals surface area contributed by atoms with Crippen LogP contribution in [-0.2, 0) is 6.54 Å². The smallest absolute Gasteiger partial charge is 0.123 e. The number of nitrogens with one attached hydrogen (secondary N) is 1. The Morgan fingerprint density at radius 3 is 2.75 bits per heavy atom. The fourth-order valence-electron chi connectivity index (χ4n) is 3.55. The van der Waals surface area contributed by atoms with Crippen molar-refractivity contribution in [1.82, 2.24) is 10.2 Å². The first-order chi connectivity index (χ1) is 9.72. The molecule has 0 saturated carbocycles. The van der Waals surface area contributed by atoms with Gasteiger partial charge in [-0.05, 0) is 69.4 Å². The summed E-state index contributed by atoms with van der Waals surface area (Å²) in [6.07, 6.45) is 5.03. The minimum atomic E-state index is -0.275. The summed E-state index contributed by atoms with van der Waals surface area (Å²) in [5, 5.41) is 13.4. The SMILES string of the molecule is Oc1ccc(F)cc1CN1CCC(C2CCCN2)CC1. The van der Waals surface area contributed by atoms with Crippen molar-refractivity contribution in [2.45, 2.75) is 38.3 Å². The second-order valence-electron chi connectivity index (χ2n) is 6.09. The average Bonchev–Trinajstić information content (AvgIpc) is 2.98. The molecular weight excluding hydrogens is 255 g/mol. The summed E-state index contributed by atoms with van der Waals surface area (Å²) in [4.78, 5) is 2.32. The van der Waals surface area contributed by atoms with Gasteiger partial charge in [0, 0.05) is 18.2 Å². The summed E-state index contributed by atoms with van der Waals surface area (Å²) in [5.41, 5.74) is 0.697. The zero-order chi connectivity index (χ0) is 13.9. The third kappa shape index (κ3) is 3.13. The normalized spacial score (nSPS) is 25.1. The van der Waals surface area contributed by atoms with Crippen molar-refractivity contribution < 1.29 is 9.50 Å². The van der Waals surface area contributed by atoms with E-state index >= 15 is 0 Å². The highest BCUT2D eigenvalue weighted by molar-refractivity contribution is 5.32. The number of hydrogen-bond acceptors (Lipinski definition) is 3. The van der Waals surface area contributed by atoms with E-state index in [2.05, 4.69) is 10.2 Å². The van der Waals surface area contributed by atoms with Gasteiger partial charge >= 0.3 is 0 Å². The minimum absolute atomic E-state index is 0.200. The molecule has 0 spiro atoms. The lowest BCUT2D eigenvalue weighted by Crippen LogP contribution is -2.40. The summed E-state index contributed by atoms with van der Waals surface area (Å²) >= 11 is 0. The Balaban J connectivity index is 1.54. The fraction of sp³-hybridized carbons (Fsp3) is 0.625. The molecule has 2 aliphatic heterocycles. The van der Waals surface area contributed by atoms with E-state index in [0.29, 0.717) is 18.2 Å². The van der Waals surface area contributed by atoms with Crippen molar-refractivity contribution >= 4 is 0 Å². The number of rotatable bonds is 3. The molecule has 2 N–H and O–H groups in total. The van der Waals surface area contributed by atoms with Crippen molar-refractivity contribution in [1.29, 1.82) is 0 Å². The molecule has 2 heterocycles. The molecule has 0 bridgehead atoms. The minimum Gasteiger partial charge on any atom is -0.508 e. The number of piperidine rings is 1. The van der Waals surface area contributed by atoms with Gasteiger partial charge in [0.25, 0.3) is 0 Å². The van der Waals surface area contributed by atoms with Crippen LogP contribution in [0, 0.1) is 11.7 Å². The Kier molecular flexibility index (Phi) is 4.22. The lowest BCUT2D eigenvalue weighted by molar-refractivity contribution is 0.156. The highest BCUT2D eigenvalue weighted by Gasteiger charge is 2.28. The van der Waals surface area contributed by atoms with Crippen LogP contribution in [0.25, 0.3) is 0 Å². The van der Waals surface area contributed by atoms with Crippen LogP contribution in [0.1, 0.15) is 31.2 Å². The van der Waals surface area contributed by atoms with Crippen molar-refractivity contribution in [2.24, 2.45) is 5.92 Å². The standard InChI is InChI=1S/C16H23FN2O/c17-14-3-4-16(20)13(10-14)11-19-8-5-12(6-9-19)15-2-1-7-18-15/h3-4,10,12,15,18,20H,1-2,5-9,11H2. The summed E-state index contributed by atoms with van der Waals surface area (Å²) in [6, 6.07) is 4.90. The van der Waals surface area contributed by atoms with Gasteiger partial charge in [0.1, 0.15) is 11.6 Å². The van der Waals surface area contributed by atoms with Crippen molar-refractivity contribution in [3.63, 3.8) is 0 Å². The first kappa shape index (κ1) is 13.8. The molecule has 0 radical (unpaired) electrons. The van der Waals surface area contributed by atoms with Crippen LogP contribution < -0.4 is 5.32 Å². The zero-order valence-corrected chi connectivity index (χ0v) is 11.8. The maximum Gasteiger partial charge on any atom is 0.123 e. The first-order valence-corrected chi connectivity index (χ1v) is 7.65. The molecule has 2 saturated heterocycles. The van der Waals surface area contributed by atoms with Crippen molar-refractivity contribution in [3.8, 4) is 5.75 Å². The Morgan fingerprint density at radius 2 is 2.05 bits per heavy atom. The molecule has 2 aliphatic rings. The number of likely N-dealkylation sites (tertiary alicyclic amines) is 1. The van der Waals surface area contributed by atoms with E-state index in [1.54, 1.807) is 0 Å². The molecule has 1 unspecified atom stereocenters. The monoisotopic (exact) mass is 278 g/mol. The topological polar surface area (TPSA) is 35.5 Å². The maximum absolute atomic E-state index is 13.2. The van der Waals surface area contributed by atoms with Crippen LogP contribution in [0.3, 0.4) is 0 Å². The van der Waals surface area contributed by atoms with Gasteiger partial charge in [-0.3, -0.25) is 4.90 Å². The molecule has 0 amide bonds. The second kappa shape index (κ2) is 6.10. The number of hydrogen-bond donors (Lipinski definition) is 2. The van der Waals surface area contributed by atoms with Gasteiger partial charge in [-0.2, -0.15) is 0 Å². The van der Waals surface area contributed by atoms with E-state index in [-0.39, 0.29) is 11.6 Å². The summed E-state index contributed by atoms with van der Waals surface area (Å²) in [7, 11) is 0. The molecule has 3 nitrogen and oxygen atoms in total. The van der Waals surface area contributed by atoms with Gasteiger partial charge in [0.05, 0.1) is 0 Å². The number of phenols is 1. The van der Waals surface area contributed by atoms with Crippen LogP contribution in [0.4, 0.5) is 4.39 Å². The molecule has 1 atom stereocenters. The molecule has 1 aromatic rings. The van der Waals surface area contributed by atoms with Crippen molar-refractivity contribution in [3.05, 3.63) is 29.6 Å². The average molecular weight is 278 g/mol. The largest absolute Gasteiger partial charge is 0.508 e. The number of nitrogens with zero attached hydrogens (tertiary/aromatic N) is 1. The van der Waals surface area contributed by atoms with E-state index < -0.39 is 0 Å². The lowest BCUT2D eigenvalue weighted by atomic mass is 9.88. The van der Waals surface area contributed by atoms with Gasteiger partial charge in [0.15, 0.2) is 0 Å². The summed E-state index contributed by atoms with van der Waals surface area (Å²) in [5.74, 6) is 0.712. The molecule has 2 fully saturated rings. The van der Waals surface area contributed by atoms with Crippen LogP contribution in [0.5, 0.6) is 5.75 Å². The number of phenolic OH excluding ortho intramolecular Hbond substituents is 1.